The van der Waals surface area contributed by atoms with Gasteiger partial charge in [0.2, 0.25) is 12.6 Å². The van der Waals surface area contributed by atoms with E-state index in [1.54, 1.807) is 6.08 Å². The number of carbonyl (C=O) groups is 7. The standard InChI is InChI=1S/C35H40O19/c1-15(36)45-13-25-28(48-18(4)39)29(49-19(5)40)30(50-20(6)41)34(51-25)53-33-26-22(10-11-44-33)27(31-35(26,54-31)14-46-16(2)37)52-32(42)21-8-9-23(47-17(3)38)24(12-21)43-7/h8-12,22,25-31,33-34H,13-14H2,1-7H3. The molecule has 11 unspecified atom stereocenters. The summed E-state index contributed by atoms with van der Waals surface area (Å²) in [7, 11) is 1.33. The molecule has 0 N–H and O–H groups in total. The molecule has 19 nitrogen and oxygen atoms in total. The second-order valence-corrected chi connectivity index (χ2v) is 12.7. The number of esters is 7. The van der Waals surface area contributed by atoms with Gasteiger partial charge in [0.25, 0.3) is 0 Å². The molecule has 19 heteroatoms. The number of ether oxygens (including phenoxy) is 12. The van der Waals surface area contributed by atoms with Crippen molar-refractivity contribution in [3.63, 3.8) is 0 Å². The van der Waals surface area contributed by atoms with Gasteiger partial charge in [0, 0.05) is 47.5 Å². The number of carbonyl (C=O) groups excluding carboxylic acids is 7. The number of benzene rings is 1. The first-order chi connectivity index (χ1) is 25.5. The maximum atomic E-state index is 13.5. The summed E-state index contributed by atoms with van der Waals surface area (Å²) in [5.41, 5.74) is -1.26. The van der Waals surface area contributed by atoms with E-state index in [2.05, 4.69) is 0 Å². The SMILES string of the molecule is COc1cc(C(=O)OC2C3C=COC(OC4OC(COC(C)=O)C(OC(C)=O)C(OC(C)=O)C4OC(C)=O)C3C3(COC(C)=O)OC23)ccc1OC(C)=O. The van der Waals surface area contributed by atoms with Gasteiger partial charge in [-0.25, -0.2) is 4.79 Å². The van der Waals surface area contributed by atoms with Crippen molar-refractivity contribution in [3.8, 4) is 11.5 Å². The third kappa shape index (κ3) is 8.74. The van der Waals surface area contributed by atoms with Gasteiger partial charge < -0.3 is 56.8 Å². The summed E-state index contributed by atoms with van der Waals surface area (Å²) in [6.07, 6.45) is -7.73. The highest BCUT2D eigenvalue weighted by atomic mass is 16.8. The molecule has 1 aliphatic carbocycles. The van der Waals surface area contributed by atoms with Gasteiger partial charge in [-0.1, -0.05) is 0 Å². The molecule has 1 aromatic rings. The minimum absolute atomic E-state index is 0.0544. The first-order valence-corrected chi connectivity index (χ1v) is 16.7. The fraction of sp³-hybridized carbons (Fsp3) is 0.571. The van der Waals surface area contributed by atoms with E-state index in [-0.39, 0.29) is 23.7 Å². The van der Waals surface area contributed by atoms with Crippen LogP contribution in [0.1, 0.15) is 51.9 Å². The molecular weight excluding hydrogens is 724 g/mol. The van der Waals surface area contributed by atoms with Crippen molar-refractivity contribution in [2.24, 2.45) is 11.8 Å². The average Bonchev–Trinajstić information content (AvgIpc) is 3.75. The lowest BCUT2D eigenvalue weighted by atomic mass is 9.85. The molecule has 11 atom stereocenters. The highest BCUT2D eigenvalue weighted by Crippen LogP contribution is 2.61. The first-order valence-electron chi connectivity index (χ1n) is 16.7. The van der Waals surface area contributed by atoms with Gasteiger partial charge in [-0.3, -0.25) is 28.8 Å². The number of fused-ring (bicyclic) bond motifs is 3. The van der Waals surface area contributed by atoms with Crippen LogP contribution >= 0.6 is 0 Å². The largest absolute Gasteiger partial charge is 0.493 e. The molecule has 0 bridgehead atoms. The summed E-state index contributed by atoms with van der Waals surface area (Å²) in [6.45, 7) is 6.00. The van der Waals surface area contributed by atoms with Gasteiger partial charge in [0.15, 0.2) is 29.8 Å². The Morgan fingerprint density at radius 2 is 1.35 bits per heavy atom. The van der Waals surface area contributed by atoms with Crippen molar-refractivity contribution in [1.29, 1.82) is 0 Å². The van der Waals surface area contributed by atoms with Crippen molar-refractivity contribution in [3.05, 3.63) is 36.1 Å². The highest BCUT2D eigenvalue weighted by molar-refractivity contribution is 5.90. The zero-order chi connectivity index (χ0) is 39.5. The summed E-state index contributed by atoms with van der Waals surface area (Å²) in [4.78, 5) is 85.6. The Hall–Kier alpha value is -5.27. The highest BCUT2D eigenvalue weighted by Gasteiger charge is 2.78. The monoisotopic (exact) mass is 764 g/mol. The molecule has 2 saturated heterocycles. The van der Waals surface area contributed by atoms with Crippen LogP contribution in [0.25, 0.3) is 0 Å². The van der Waals surface area contributed by atoms with Crippen LogP contribution in [-0.2, 0) is 76.1 Å². The fourth-order valence-corrected chi connectivity index (χ4v) is 6.83. The zero-order valence-electron chi connectivity index (χ0n) is 30.3. The van der Waals surface area contributed by atoms with Gasteiger partial charge in [-0.2, -0.15) is 0 Å². The Kier molecular flexibility index (Phi) is 12.1. The predicted molar refractivity (Wildman–Crippen MR) is 172 cm³/mol. The van der Waals surface area contributed by atoms with Gasteiger partial charge in [-0.05, 0) is 24.3 Å². The molecule has 4 aliphatic rings. The summed E-state index contributed by atoms with van der Waals surface area (Å²) in [6, 6.07) is 4.09. The summed E-state index contributed by atoms with van der Waals surface area (Å²) >= 11 is 0. The number of rotatable bonds is 13. The second-order valence-electron chi connectivity index (χ2n) is 12.7. The molecule has 0 radical (unpaired) electrons. The molecular formula is C35H40O19. The van der Waals surface area contributed by atoms with Crippen LogP contribution in [0.3, 0.4) is 0 Å². The number of methoxy groups -OCH3 is 1. The third-order valence-electron chi connectivity index (χ3n) is 8.85. The van der Waals surface area contributed by atoms with Gasteiger partial charge >= 0.3 is 41.8 Å². The van der Waals surface area contributed by atoms with E-state index < -0.39 is 115 Å². The quantitative estimate of drug-likeness (QED) is 0.118. The van der Waals surface area contributed by atoms with E-state index in [4.69, 9.17) is 56.8 Å². The first kappa shape index (κ1) is 39.9. The van der Waals surface area contributed by atoms with Gasteiger partial charge in [0.1, 0.15) is 37.1 Å². The van der Waals surface area contributed by atoms with E-state index >= 15 is 0 Å². The topological polar surface area (TPSA) is 234 Å². The van der Waals surface area contributed by atoms with E-state index in [9.17, 15) is 33.6 Å². The van der Waals surface area contributed by atoms with E-state index in [1.807, 2.05) is 0 Å². The normalized spacial score (nSPS) is 31.6. The summed E-state index contributed by atoms with van der Waals surface area (Å²) < 4.78 is 67.8. The van der Waals surface area contributed by atoms with Crippen LogP contribution in [0.2, 0.25) is 0 Å². The van der Waals surface area contributed by atoms with Crippen LogP contribution in [0.15, 0.2) is 30.5 Å². The Morgan fingerprint density at radius 1 is 0.704 bits per heavy atom. The van der Waals surface area contributed by atoms with Crippen LogP contribution in [0.4, 0.5) is 0 Å². The molecule has 0 aromatic heterocycles. The molecule has 1 aromatic carbocycles. The van der Waals surface area contributed by atoms with Gasteiger partial charge in [0.05, 0.1) is 24.9 Å². The number of epoxide rings is 1. The molecule has 294 valence electrons. The fourth-order valence-electron chi connectivity index (χ4n) is 6.83. The smallest absolute Gasteiger partial charge is 0.338 e. The van der Waals surface area contributed by atoms with Crippen LogP contribution in [0.5, 0.6) is 11.5 Å². The van der Waals surface area contributed by atoms with Crippen molar-refractivity contribution in [2.75, 3.05) is 20.3 Å². The van der Waals surface area contributed by atoms with Crippen molar-refractivity contribution in [2.45, 2.75) is 96.3 Å². The third-order valence-corrected chi connectivity index (χ3v) is 8.85. The van der Waals surface area contributed by atoms with E-state index in [0.29, 0.717) is 0 Å². The maximum absolute atomic E-state index is 13.5. The minimum atomic E-state index is -1.63. The lowest BCUT2D eigenvalue weighted by molar-refractivity contribution is -0.346. The molecule has 54 heavy (non-hydrogen) atoms. The summed E-state index contributed by atoms with van der Waals surface area (Å²) in [5.74, 6) is -6.60. The van der Waals surface area contributed by atoms with Crippen LogP contribution in [0, 0.1) is 11.8 Å². The maximum Gasteiger partial charge on any atom is 0.338 e. The molecule has 3 heterocycles. The lowest BCUT2D eigenvalue weighted by Crippen LogP contribution is -2.64. The average molecular weight is 765 g/mol. The molecule has 0 amide bonds. The van der Waals surface area contributed by atoms with Gasteiger partial charge in [-0.15, -0.1) is 0 Å². The second kappa shape index (κ2) is 16.4. The number of hydrogen-bond donors (Lipinski definition) is 0. The van der Waals surface area contributed by atoms with Crippen molar-refractivity contribution >= 4 is 41.8 Å². The van der Waals surface area contributed by atoms with Crippen molar-refractivity contribution < 1.29 is 90.4 Å². The number of hydrogen-bond acceptors (Lipinski definition) is 19. The molecule has 0 spiro atoms. The minimum Gasteiger partial charge on any atom is -0.493 e. The van der Waals surface area contributed by atoms with E-state index in [1.165, 1.54) is 45.4 Å². The Morgan fingerprint density at radius 3 is 1.96 bits per heavy atom. The zero-order valence-corrected chi connectivity index (χ0v) is 30.3. The molecule has 5 rings (SSSR count). The molecule has 3 fully saturated rings. The molecule has 1 saturated carbocycles. The van der Waals surface area contributed by atoms with Crippen molar-refractivity contribution in [1.82, 2.24) is 0 Å². The van der Waals surface area contributed by atoms with E-state index in [0.717, 1.165) is 27.7 Å². The van der Waals surface area contributed by atoms with Crippen LogP contribution in [-0.4, -0.2) is 117 Å². The molecule has 3 aliphatic heterocycles. The Labute approximate surface area is 308 Å². The Balaban J connectivity index is 1.46. The van der Waals surface area contributed by atoms with Crippen LogP contribution < -0.4 is 9.47 Å². The Bertz CT molecular complexity index is 1690. The predicted octanol–water partition coefficient (Wildman–Crippen LogP) is 1.06. The lowest BCUT2D eigenvalue weighted by Gasteiger charge is -2.46. The summed E-state index contributed by atoms with van der Waals surface area (Å²) in [5, 5.41) is 0.